The first-order valence-electron chi connectivity index (χ1n) is 8.87. The van der Waals surface area contributed by atoms with Crippen LogP contribution in [0.1, 0.15) is 46.3 Å². The van der Waals surface area contributed by atoms with Gasteiger partial charge in [0.2, 0.25) is 11.8 Å². The lowest BCUT2D eigenvalue weighted by molar-refractivity contribution is -0.126. The summed E-state index contributed by atoms with van der Waals surface area (Å²) in [6.45, 7) is 0.411. The highest BCUT2D eigenvalue weighted by molar-refractivity contribution is 7.11. The zero-order valence-corrected chi connectivity index (χ0v) is 15.4. The molecule has 0 bridgehead atoms. The molecule has 0 unspecified atom stereocenters. The number of ether oxygens (including phenoxy) is 1. The summed E-state index contributed by atoms with van der Waals surface area (Å²) >= 11 is 1.69. The fraction of sp³-hybridized carbons (Fsp3) is 0.421. The van der Waals surface area contributed by atoms with Crippen LogP contribution in [0.5, 0.6) is 5.75 Å². The average molecular weight is 371 g/mol. The minimum absolute atomic E-state index is 0.139. The van der Waals surface area contributed by atoms with E-state index in [0.717, 1.165) is 23.4 Å². The third-order valence-electron chi connectivity index (χ3n) is 4.92. The molecule has 26 heavy (non-hydrogen) atoms. The second-order valence-electron chi connectivity index (χ2n) is 6.66. The molecule has 2 heterocycles. The van der Waals surface area contributed by atoms with Gasteiger partial charge in [-0.3, -0.25) is 9.59 Å². The van der Waals surface area contributed by atoms with Crippen LogP contribution in [0.3, 0.4) is 0 Å². The minimum Gasteiger partial charge on any atom is -0.497 e. The zero-order chi connectivity index (χ0) is 18.1. The van der Waals surface area contributed by atoms with E-state index in [2.05, 4.69) is 15.6 Å². The number of hydrogen-bond acceptors (Lipinski definition) is 5. The molecule has 0 saturated heterocycles. The van der Waals surface area contributed by atoms with Crippen LogP contribution in [0, 0.1) is 0 Å². The molecule has 2 aliphatic rings. The molecule has 2 N–H and O–H groups in total. The van der Waals surface area contributed by atoms with E-state index in [1.807, 2.05) is 6.07 Å². The molecule has 1 aliphatic carbocycles. The molecule has 0 spiro atoms. The second-order valence-corrected chi connectivity index (χ2v) is 7.83. The molecule has 2 amide bonds. The molecular weight excluding hydrogens is 350 g/mol. The van der Waals surface area contributed by atoms with E-state index in [1.54, 1.807) is 30.6 Å². The fourth-order valence-electron chi connectivity index (χ4n) is 3.57. The average Bonchev–Trinajstić information content (AvgIpc) is 3.08. The molecule has 2 aromatic rings. The van der Waals surface area contributed by atoms with E-state index in [0.29, 0.717) is 18.0 Å². The number of nitrogens with one attached hydrogen (secondary N) is 2. The van der Waals surface area contributed by atoms with Crippen molar-refractivity contribution in [2.24, 2.45) is 0 Å². The van der Waals surface area contributed by atoms with Crippen molar-refractivity contribution in [1.82, 2.24) is 10.3 Å². The van der Waals surface area contributed by atoms with E-state index < -0.39 is 5.92 Å². The van der Waals surface area contributed by atoms with Crippen molar-refractivity contribution in [2.45, 2.75) is 44.6 Å². The van der Waals surface area contributed by atoms with Crippen molar-refractivity contribution in [3.63, 3.8) is 0 Å². The monoisotopic (exact) mass is 371 g/mol. The summed E-state index contributed by atoms with van der Waals surface area (Å²) in [5, 5.41) is 6.72. The van der Waals surface area contributed by atoms with Crippen molar-refractivity contribution in [3.8, 4) is 5.75 Å². The first-order chi connectivity index (χ1) is 12.6. The van der Waals surface area contributed by atoms with Gasteiger partial charge in [-0.05, 0) is 49.4 Å². The highest BCUT2D eigenvalue weighted by Crippen LogP contribution is 2.35. The van der Waals surface area contributed by atoms with Crippen LogP contribution >= 0.6 is 11.3 Å². The molecule has 1 aromatic carbocycles. The highest BCUT2D eigenvalue weighted by atomic mass is 32.1. The number of anilines is 1. The van der Waals surface area contributed by atoms with Crippen molar-refractivity contribution in [1.29, 1.82) is 0 Å². The van der Waals surface area contributed by atoms with E-state index >= 15 is 0 Å². The maximum Gasteiger partial charge on any atom is 0.228 e. The first-order valence-corrected chi connectivity index (χ1v) is 9.68. The lowest BCUT2D eigenvalue weighted by Crippen LogP contribution is -2.34. The molecule has 0 fully saturated rings. The Balaban J connectivity index is 1.49. The Hall–Kier alpha value is -2.41. The number of carbonyl (C=O) groups excluding carboxylic acids is 2. The van der Waals surface area contributed by atoms with E-state index in [-0.39, 0.29) is 18.2 Å². The number of aryl methyl sites for hydroxylation is 2. The predicted octanol–water partition coefficient (Wildman–Crippen LogP) is 2.77. The van der Waals surface area contributed by atoms with Gasteiger partial charge in [0, 0.05) is 17.0 Å². The SMILES string of the molecule is COc1ccc2c(c1)[C@H](C(=O)NCc1nc3c(s1)CCCC3)CC(=O)N2. The molecule has 0 saturated carbocycles. The summed E-state index contributed by atoms with van der Waals surface area (Å²) in [7, 11) is 1.59. The number of thiazole rings is 1. The maximum absolute atomic E-state index is 12.8. The van der Waals surface area contributed by atoms with Gasteiger partial charge in [0.15, 0.2) is 0 Å². The second kappa shape index (κ2) is 7.07. The summed E-state index contributed by atoms with van der Waals surface area (Å²) in [5.74, 6) is -0.135. The van der Waals surface area contributed by atoms with Gasteiger partial charge in [-0.2, -0.15) is 0 Å². The first kappa shape index (κ1) is 17.0. The summed E-state index contributed by atoms with van der Waals surface area (Å²) < 4.78 is 5.26. The third kappa shape index (κ3) is 3.31. The molecular formula is C19H21N3O3S. The Morgan fingerprint density at radius 3 is 3.04 bits per heavy atom. The van der Waals surface area contributed by atoms with Gasteiger partial charge in [0.05, 0.1) is 25.3 Å². The predicted molar refractivity (Wildman–Crippen MR) is 99.6 cm³/mol. The van der Waals surface area contributed by atoms with E-state index in [4.69, 9.17) is 4.74 Å². The van der Waals surface area contributed by atoms with Gasteiger partial charge in [0.25, 0.3) is 0 Å². The lowest BCUT2D eigenvalue weighted by Gasteiger charge is -2.25. The van der Waals surface area contributed by atoms with Crippen LogP contribution < -0.4 is 15.4 Å². The van der Waals surface area contributed by atoms with Crippen molar-refractivity contribution < 1.29 is 14.3 Å². The number of amides is 2. The molecule has 6 nitrogen and oxygen atoms in total. The molecule has 7 heteroatoms. The van der Waals surface area contributed by atoms with Crippen molar-refractivity contribution >= 4 is 28.8 Å². The Bertz CT molecular complexity index is 838. The number of carbonyl (C=O) groups is 2. The van der Waals surface area contributed by atoms with Crippen LogP contribution in [-0.4, -0.2) is 23.9 Å². The Kier molecular flexibility index (Phi) is 4.63. The number of benzene rings is 1. The number of aromatic nitrogens is 1. The van der Waals surface area contributed by atoms with Gasteiger partial charge in [0.1, 0.15) is 10.8 Å². The van der Waals surface area contributed by atoms with Crippen LogP contribution in [0.2, 0.25) is 0 Å². The summed E-state index contributed by atoms with van der Waals surface area (Å²) in [4.78, 5) is 30.8. The zero-order valence-electron chi connectivity index (χ0n) is 14.6. The minimum atomic E-state index is -0.511. The summed E-state index contributed by atoms with van der Waals surface area (Å²) in [5.41, 5.74) is 2.66. The highest BCUT2D eigenvalue weighted by Gasteiger charge is 2.31. The number of rotatable bonds is 4. The van der Waals surface area contributed by atoms with E-state index in [1.165, 1.54) is 23.4 Å². The topological polar surface area (TPSA) is 80.3 Å². The normalized spacial score (nSPS) is 18.5. The number of fused-ring (bicyclic) bond motifs is 2. The summed E-state index contributed by atoms with van der Waals surface area (Å²) in [6.07, 6.45) is 4.68. The fourth-order valence-corrected chi connectivity index (χ4v) is 4.66. The summed E-state index contributed by atoms with van der Waals surface area (Å²) in [6, 6.07) is 5.38. The third-order valence-corrected chi connectivity index (χ3v) is 6.08. The molecule has 1 aromatic heterocycles. The van der Waals surface area contributed by atoms with Gasteiger partial charge in [-0.25, -0.2) is 4.98 Å². The Morgan fingerprint density at radius 2 is 2.23 bits per heavy atom. The molecule has 0 radical (unpaired) electrons. The Labute approximate surface area is 156 Å². The van der Waals surface area contributed by atoms with Crippen LogP contribution in [0.4, 0.5) is 5.69 Å². The number of methoxy groups -OCH3 is 1. The largest absolute Gasteiger partial charge is 0.497 e. The molecule has 1 aliphatic heterocycles. The quantitative estimate of drug-likeness (QED) is 0.866. The van der Waals surface area contributed by atoms with Gasteiger partial charge in [-0.1, -0.05) is 0 Å². The van der Waals surface area contributed by atoms with Crippen molar-refractivity contribution in [2.75, 3.05) is 12.4 Å². The van der Waals surface area contributed by atoms with Crippen LogP contribution in [0.25, 0.3) is 0 Å². The maximum atomic E-state index is 12.8. The van der Waals surface area contributed by atoms with Gasteiger partial charge < -0.3 is 15.4 Å². The number of hydrogen-bond donors (Lipinski definition) is 2. The molecule has 1 atom stereocenters. The Morgan fingerprint density at radius 1 is 1.38 bits per heavy atom. The van der Waals surface area contributed by atoms with Crippen LogP contribution in [0.15, 0.2) is 18.2 Å². The van der Waals surface area contributed by atoms with Gasteiger partial charge >= 0.3 is 0 Å². The van der Waals surface area contributed by atoms with Crippen LogP contribution in [-0.2, 0) is 29.0 Å². The van der Waals surface area contributed by atoms with Gasteiger partial charge in [-0.15, -0.1) is 11.3 Å². The van der Waals surface area contributed by atoms with E-state index in [9.17, 15) is 9.59 Å². The number of nitrogens with zero attached hydrogens (tertiary/aromatic N) is 1. The van der Waals surface area contributed by atoms with Crippen molar-refractivity contribution in [3.05, 3.63) is 39.3 Å². The standard InChI is InChI=1S/C19H21N3O3S/c1-25-11-6-7-14-12(8-11)13(9-17(23)21-14)19(24)20-10-18-22-15-4-2-3-5-16(15)26-18/h6-8,13H,2-5,9-10H2,1H3,(H,20,24)(H,21,23)/t13-/m1/s1. The molecule has 4 rings (SSSR count). The smallest absolute Gasteiger partial charge is 0.228 e. The molecule has 136 valence electrons. The lowest BCUT2D eigenvalue weighted by atomic mass is 9.89.